The van der Waals surface area contributed by atoms with E-state index in [1.807, 2.05) is 0 Å². The molecule has 2 atom stereocenters. The van der Waals surface area contributed by atoms with Gasteiger partial charge in [-0.2, -0.15) is 0 Å². The zero-order chi connectivity index (χ0) is 21.0. The molecule has 0 unspecified atom stereocenters. The highest BCUT2D eigenvalue weighted by atomic mass is 28.4. The first-order chi connectivity index (χ1) is 13.6. The molecule has 0 radical (unpaired) electrons. The fourth-order valence-electron chi connectivity index (χ4n) is 5.30. The standard InChI is InChI=1S/C26H38O2Si/c1-25(2,3)29(6,7)28-17-19-9-13-24-23-11-8-18-16-20(27-5)10-12-21(18)22(23)14-15-26(19,24)4/h10,12-13,16,19H,8-9,11,14-15,17H2,1-7H3/t19-,26-/m1/s1. The van der Waals surface area contributed by atoms with Gasteiger partial charge in [-0.15, -0.1) is 0 Å². The lowest BCUT2D eigenvalue weighted by molar-refractivity contribution is 0.142. The third-order valence-corrected chi connectivity index (χ3v) is 12.9. The summed E-state index contributed by atoms with van der Waals surface area (Å²) in [5.74, 6) is 1.61. The van der Waals surface area contributed by atoms with E-state index in [-0.39, 0.29) is 10.5 Å². The van der Waals surface area contributed by atoms with Gasteiger partial charge in [-0.1, -0.05) is 39.8 Å². The molecule has 0 fully saturated rings. The van der Waals surface area contributed by atoms with E-state index in [0.717, 1.165) is 18.8 Å². The molecule has 4 rings (SSSR count). The number of hydrogen-bond donors (Lipinski definition) is 0. The van der Waals surface area contributed by atoms with Crippen LogP contribution in [0.25, 0.3) is 5.57 Å². The maximum absolute atomic E-state index is 6.69. The van der Waals surface area contributed by atoms with Crippen molar-refractivity contribution in [3.05, 3.63) is 46.5 Å². The Kier molecular flexibility index (Phi) is 5.14. The lowest BCUT2D eigenvalue weighted by Gasteiger charge is -2.44. The summed E-state index contributed by atoms with van der Waals surface area (Å²) in [5.41, 5.74) is 8.10. The Morgan fingerprint density at radius 1 is 1.10 bits per heavy atom. The van der Waals surface area contributed by atoms with Crippen molar-refractivity contribution in [1.82, 2.24) is 0 Å². The van der Waals surface area contributed by atoms with Crippen molar-refractivity contribution in [3.8, 4) is 5.75 Å². The average Bonchev–Trinajstić information content (AvgIpc) is 3.01. The van der Waals surface area contributed by atoms with E-state index >= 15 is 0 Å². The van der Waals surface area contributed by atoms with Gasteiger partial charge in [-0.3, -0.25) is 0 Å². The minimum absolute atomic E-state index is 0.277. The average molecular weight is 411 g/mol. The highest BCUT2D eigenvalue weighted by Crippen LogP contribution is 2.58. The Balaban J connectivity index is 1.58. The van der Waals surface area contributed by atoms with Gasteiger partial charge in [0, 0.05) is 6.61 Å². The van der Waals surface area contributed by atoms with Crippen molar-refractivity contribution in [3.63, 3.8) is 0 Å². The zero-order valence-electron chi connectivity index (χ0n) is 19.4. The van der Waals surface area contributed by atoms with E-state index < -0.39 is 8.32 Å². The van der Waals surface area contributed by atoms with Crippen molar-refractivity contribution >= 4 is 13.9 Å². The maximum Gasteiger partial charge on any atom is 0.191 e. The predicted molar refractivity (Wildman–Crippen MR) is 125 cm³/mol. The molecule has 0 aliphatic heterocycles. The predicted octanol–water partition coefficient (Wildman–Crippen LogP) is 7.16. The number of rotatable bonds is 4. The summed E-state index contributed by atoms with van der Waals surface area (Å²) in [6, 6.07) is 6.66. The quantitative estimate of drug-likeness (QED) is 0.490. The summed E-state index contributed by atoms with van der Waals surface area (Å²) < 4.78 is 12.1. The third kappa shape index (κ3) is 3.44. The monoisotopic (exact) mass is 410 g/mol. The SMILES string of the molecule is COc1ccc2c(c1)CCC1=C2CC[C@@]2(C)C1=CC[C@@H]2CO[Si](C)(C)C(C)(C)C. The Morgan fingerprint density at radius 2 is 1.86 bits per heavy atom. The molecule has 1 aromatic carbocycles. The highest BCUT2D eigenvalue weighted by Gasteiger charge is 2.47. The van der Waals surface area contributed by atoms with Gasteiger partial charge in [0.1, 0.15) is 5.75 Å². The summed E-state index contributed by atoms with van der Waals surface area (Å²) in [4.78, 5) is 0. The van der Waals surface area contributed by atoms with Crippen LogP contribution in [-0.2, 0) is 10.8 Å². The molecule has 1 aromatic rings. The number of hydrogen-bond acceptors (Lipinski definition) is 2. The molecule has 0 bridgehead atoms. The maximum atomic E-state index is 6.69. The number of benzene rings is 1. The van der Waals surface area contributed by atoms with Crippen LogP contribution in [0.1, 0.15) is 64.5 Å². The largest absolute Gasteiger partial charge is 0.497 e. The Labute approximate surface area is 178 Å². The zero-order valence-corrected chi connectivity index (χ0v) is 20.4. The molecule has 0 amide bonds. The second kappa shape index (κ2) is 7.13. The summed E-state index contributed by atoms with van der Waals surface area (Å²) in [7, 11) is 0.0606. The van der Waals surface area contributed by atoms with E-state index in [0.29, 0.717) is 5.92 Å². The van der Waals surface area contributed by atoms with Crippen LogP contribution in [0.4, 0.5) is 0 Å². The van der Waals surface area contributed by atoms with Crippen molar-refractivity contribution in [2.24, 2.45) is 11.3 Å². The van der Waals surface area contributed by atoms with Gasteiger partial charge in [-0.05, 0) is 102 Å². The van der Waals surface area contributed by atoms with Crippen LogP contribution in [0.3, 0.4) is 0 Å². The first kappa shape index (κ1) is 20.9. The fourth-order valence-corrected chi connectivity index (χ4v) is 6.35. The van der Waals surface area contributed by atoms with E-state index in [9.17, 15) is 0 Å². The summed E-state index contributed by atoms with van der Waals surface area (Å²) in [6.45, 7) is 15.2. The van der Waals surface area contributed by atoms with E-state index in [2.05, 4.69) is 65.1 Å². The first-order valence-electron chi connectivity index (χ1n) is 11.3. The molecule has 0 N–H and O–H groups in total. The van der Waals surface area contributed by atoms with Gasteiger partial charge in [0.25, 0.3) is 0 Å². The van der Waals surface area contributed by atoms with Gasteiger partial charge in [-0.25, -0.2) is 0 Å². The van der Waals surface area contributed by atoms with E-state index in [4.69, 9.17) is 9.16 Å². The molecule has 2 nitrogen and oxygen atoms in total. The topological polar surface area (TPSA) is 18.5 Å². The Bertz CT molecular complexity index is 871. The molecule has 158 valence electrons. The van der Waals surface area contributed by atoms with Gasteiger partial charge in [0.15, 0.2) is 8.32 Å². The molecule has 3 aliphatic carbocycles. The summed E-state index contributed by atoms with van der Waals surface area (Å²) in [5, 5.41) is 0.277. The van der Waals surface area contributed by atoms with Gasteiger partial charge in [0.2, 0.25) is 0 Å². The van der Waals surface area contributed by atoms with E-state index in [1.54, 1.807) is 23.8 Å². The van der Waals surface area contributed by atoms with Crippen LogP contribution in [0.5, 0.6) is 5.75 Å². The smallest absolute Gasteiger partial charge is 0.191 e. The highest BCUT2D eigenvalue weighted by molar-refractivity contribution is 6.74. The Morgan fingerprint density at radius 3 is 2.55 bits per heavy atom. The molecule has 0 saturated carbocycles. The number of ether oxygens (including phenoxy) is 1. The minimum Gasteiger partial charge on any atom is -0.497 e. The number of methoxy groups -OCH3 is 1. The molecular weight excluding hydrogens is 372 g/mol. The molecule has 3 aliphatic rings. The molecule has 0 aromatic heterocycles. The van der Waals surface area contributed by atoms with Crippen molar-refractivity contribution in [1.29, 1.82) is 0 Å². The van der Waals surface area contributed by atoms with Crippen LogP contribution in [-0.4, -0.2) is 22.0 Å². The summed E-state index contributed by atoms with van der Waals surface area (Å²) in [6.07, 6.45) is 8.47. The number of allylic oxidation sites excluding steroid dienone is 4. The molecular formula is C26H38O2Si. The third-order valence-electron chi connectivity index (χ3n) is 8.44. The molecule has 0 heterocycles. The van der Waals surface area contributed by atoms with Crippen LogP contribution in [0, 0.1) is 11.3 Å². The van der Waals surface area contributed by atoms with E-state index in [1.165, 1.54) is 36.8 Å². The molecule has 29 heavy (non-hydrogen) atoms. The second-order valence-corrected chi connectivity index (χ2v) is 15.8. The second-order valence-electron chi connectivity index (χ2n) is 11.0. The van der Waals surface area contributed by atoms with Gasteiger partial charge in [0.05, 0.1) is 7.11 Å². The fraction of sp³-hybridized carbons (Fsp3) is 0.615. The molecule has 0 saturated heterocycles. The number of aryl methyl sites for hydroxylation is 1. The van der Waals surface area contributed by atoms with Gasteiger partial charge >= 0.3 is 0 Å². The normalized spacial score (nSPS) is 26.6. The van der Waals surface area contributed by atoms with Crippen LogP contribution < -0.4 is 4.74 Å². The Hall–Kier alpha value is -1.32. The van der Waals surface area contributed by atoms with Crippen LogP contribution >= 0.6 is 0 Å². The van der Waals surface area contributed by atoms with Crippen LogP contribution in [0.2, 0.25) is 18.1 Å². The first-order valence-corrected chi connectivity index (χ1v) is 14.2. The van der Waals surface area contributed by atoms with Crippen LogP contribution in [0.15, 0.2) is 35.4 Å². The molecule has 0 spiro atoms. The van der Waals surface area contributed by atoms with Crippen molar-refractivity contribution < 1.29 is 9.16 Å². The lowest BCUT2D eigenvalue weighted by atomic mass is 9.63. The number of fused-ring (bicyclic) bond motifs is 4. The lowest BCUT2D eigenvalue weighted by Crippen LogP contribution is -2.43. The van der Waals surface area contributed by atoms with Gasteiger partial charge < -0.3 is 9.16 Å². The molecule has 3 heteroatoms. The van der Waals surface area contributed by atoms with Crippen molar-refractivity contribution in [2.75, 3.05) is 13.7 Å². The van der Waals surface area contributed by atoms with Crippen molar-refractivity contribution in [2.45, 2.75) is 77.9 Å². The minimum atomic E-state index is -1.70. The summed E-state index contributed by atoms with van der Waals surface area (Å²) >= 11 is 0.